The number of benzene rings is 2. The van der Waals surface area contributed by atoms with Gasteiger partial charge in [-0.15, -0.1) is 11.3 Å². The third-order valence-corrected chi connectivity index (χ3v) is 7.43. The standard InChI is InChI=1S/C20H15F2N3O3S2/c1-12(30(27,28)16-8-6-15(22)7-9-16)19(26)24-18-17(13-2-4-14(21)5-3-13)23-20-25(18)10-11-29-20/h2-12H,1H3,(H,24,26)/t12-/m0/s1. The zero-order valence-electron chi connectivity index (χ0n) is 15.5. The van der Waals surface area contributed by atoms with Gasteiger partial charge in [0.2, 0.25) is 5.91 Å². The van der Waals surface area contributed by atoms with Gasteiger partial charge in [-0.05, 0) is 55.5 Å². The van der Waals surface area contributed by atoms with E-state index in [4.69, 9.17) is 0 Å². The van der Waals surface area contributed by atoms with Gasteiger partial charge in [-0.2, -0.15) is 0 Å². The van der Waals surface area contributed by atoms with E-state index in [1.165, 1.54) is 42.5 Å². The molecule has 4 aromatic rings. The van der Waals surface area contributed by atoms with E-state index in [0.29, 0.717) is 16.2 Å². The monoisotopic (exact) mass is 447 g/mol. The van der Waals surface area contributed by atoms with Gasteiger partial charge in [-0.3, -0.25) is 9.20 Å². The number of rotatable bonds is 5. The number of carbonyl (C=O) groups is 1. The van der Waals surface area contributed by atoms with Crippen molar-refractivity contribution >= 4 is 37.9 Å². The van der Waals surface area contributed by atoms with Crippen molar-refractivity contribution in [3.63, 3.8) is 0 Å². The quantitative estimate of drug-likeness (QED) is 0.466. The Morgan fingerprint density at radius 2 is 1.67 bits per heavy atom. The number of nitrogens with one attached hydrogen (secondary N) is 1. The summed E-state index contributed by atoms with van der Waals surface area (Å²) in [4.78, 5) is 17.7. The Morgan fingerprint density at radius 1 is 1.07 bits per heavy atom. The first-order chi connectivity index (χ1) is 14.3. The fourth-order valence-corrected chi connectivity index (χ4v) is 4.88. The van der Waals surface area contributed by atoms with Crippen LogP contribution in [0.1, 0.15) is 6.92 Å². The number of anilines is 1. The lowest BCUT2D eigenvalue weighted by molar-refractivity contribution is -0.115. The maximum absolute atomic E-state index is 13.3. The largest absolute Gasteiger partial charge is 0.309 e. The Labute approximate surface area is 174 Å². The van der Waals surface area contributed by atoms with Gasteiger partial charge in [0, 0.05) is 17.1 Å². The minimum absolute atomic E-state index is 0.153. The zero-order chi connectivity index (χ0) is 21.5. The van der Waals surface area contributed by atoms with Crippen LogP contribution < -0.4 is 5.32 Å². The maximum Gasteiger partial charge on any atom is 0.243 e. The first-order valence-corrected chi connectivity index (χ1v) is 11.2. The van der Waals surface area contributed by atoms with E-state index in [9.17, 15) is 22.0 Å². The summed E-state index contributed by atoms with van der Waals surface area (Å²) in [5.41, 5.74) is 0.957. The van der Waals surface area contributed by atoms with Crippen molar-refractivity contribution in [3.8, 4) is 11.3 Å². The lowest BCUT2D eigenvalue weighted by Gasteiger charge is -2.14. The summed E-state index contributed by atoms with van der Waals surface area (Å²) in [6.45, 7) is 1.26. The van der Waals surface area contributed by atoms with Crippen molar-refractivity contribution in [1.29, 1.82) is 0 Å². The van der Waals surface area contributed by atoms with Gasteiger partial charge >= 0.3 is 0 Å². The number of sulfone groups is 1. The highest BCUT2D eigenvalue weighted by Gasteiger charge is 2.31. The van der Waals surface area contributed by atoms with Gasteiger partial charge in [0.1, 0.15) is 28.4 Å². The highest BCUT2D eigenvalue weighted by atomic mass is 32.2. The molecule has 2 heterocycles. The first-order valence-electron chi connectivity index (χ1n) is 8.79. The van der Waals surface area contributed by atoms with Gasteiger partial charge in [0.05, 0.1) is 4.90 Å². The number of fused-ring (bicyclic) bond motifs is 1. The van der Waals surface area contributed by atoms with Crippen LogP contribution >= 0.6 is 11.3 Å². The van der Waals surface area contributed by atoms with E-state index in [1.54, 1.807) is 16.0 Å². The predicted octanol–water partition coefficient (Wildman–Crippen LogP) is 4.14. The number of imidazole rings is 1. The van der Waals surface area contributed by atoms with Crippen LogP contribution in [0.2, 0.25) is 0 Å². The molecule has 2 aromatic heterocycles. The molecule has 0 aliphatic heterocycles. The number of thiazole rings is 1. The molecule has 2 aromatic carbocycles. The lowest BCUT2D eigenvalue weighted by Crippen LogP contribution is -2.33. The number of amides is 1. The highest BCUT2D eigenvalue weighted by molar-refractivity contribution is 7.92. The van der Waals surface area contributed by atoms with Gasteiger partial charge in [-0.25, -0.2) is 22.2 Å². The van der Waals surface area contributed by atoms with E-state index < -0.39 is 32.6 Å². The van der Waals surface area contributed by atoms with Crippen molar-refractivity contribution < 1.29 is 22.0 Å². The number of nitrogens with zero attached hydrogens (tertiary/aromatic N) is 2. The molecule has 0 spiro atoms. The van der Waals surface area contributed by atoms with Gasteiger partial charge in [0.15, 0.2) is 14.8 Å². The van der Waals surface area contributed by atoms with Crippen LogP contribution in [0.5, 0.6) is 0 Å². The summed E-state index contributed by atoms with van der Waals surface area (Å²) in [7, 11) is -4.04. The average Bonchev–Trinajstić information content (AvgIpc) is 3.31. The van der Waals surface area contributed by atoms with Gasteiger partial charge in [-0.1, -0.05) is 0 Å². The minimum atomic E-state index is -4.04. The van der Waals surface area contributed by atoms with E-state index in [-0.39, 0.29) is 10.7 Å². The smallest absolute Gasteiger partial charge is 0.243 e. The molecule has 6 nitrogen and oxygen atoms in total. The van der Waals surface area contributed by atoms with Gasteiger partial charge < -0.3 is 5.32 Å². The number of carbonyl (C=O) groups excluding carboxylic acids is 1. The molecule has 0 radical (unpaired) electrons. The van der Waals surface area contributed by atoms with Crippen LogP contribution in [0.15, 0.2) is 65.0 Å². The molecular formula is C20H15F2N3O3S2. The van der Waals surface area contributed by atoms with Crippen LogP contribution in [-0.2, 0) is 14.6 Å². The fraction of sp³-hybridized carbons (Fsp3) is 0.100. The molecule has 1 N–H and O–H groups in total. The summed E-state index contributed by atoms with van der Waals surface area (Å²) < 4.78 is 53.6. The van der Waals surface area contributed by atoms with E-state index >= 15 is 0 Å². The molecule has 1 amide bonds. The molecule has 1 atom stereocenters. The van der Waals surface area contributed by atoms with Crippen LogP contribution in [0.4, 0.5) is 14.6 Å². The fourth-order valence-electron chi connectivity index (χ4n) is 2.90. The molecule has 0 saturated carbocycles. The SMILES string of the molecule is C[C@@H](C(=O)Nc1c(-c2ccc(F)cc2)nc2sccn12)S(=O)(=O)c1ccc(F)cc1. The molecule has 0 fully saturated rings. The summed E-state index contributed by atoms with van der Waals surface area (Å²) in [6.07, 6.45) is 1.69. The Morgan fingerprint density at radius 3 is 2.30 bits per heavy atom. The molecule has 30 heavy (non-hydrogen) atoms. The second-order valence-corrected chi connectivity index (χ2v) is 9.64. The molecular weight excluding hydrogens is 432 g/mol. The van der Waals surface area contributed by atoms with Crippen molar-refractivity contribution in [3.05, 3.63) is 71.7 Å². The third kappa shape index (κ3) is 3.59. The minimum Gasteiger partial charge on any atom is -0.309 e. The maximum atomic E-state index is 13.3. The summed E-state index contributed by atoms with van der Waals surface area (Å²) in [5, 5.41) is 2.97. The molecule has 154 valence electrons. The molecule has 0 aliphatic carbocycles. The Bertz CT molecular complexity index is 1330. The first kappa shape index (κ1) is 20.2. The van der Waals surface area contributed by atoms with Gasteiger partial charge in [0.25, 0.3) is 0 Å². The zero-order valence-corrected chi connectivity index (χ0v) is 17.2. The molecule has 0 aliphatic rings. The Kier molecular flexibility index (Phi) is 5.12. The second-order valence-electron chi connectivity index (χ2n) is 6.50. The van der Waals surface area contributed by atoms with Crippen molar-refractivity contribution in [2.45, 2.75) is 17.1 Å². The highest BCUT2D eigenvalue weighted by Crippen LogP contribution is 2.31. The van der Waals surface area contributed by atoms with Crippen LogP contribution in [0.25, 0.3) is 16.2 Å². The third-order valence-electron chi connectivity index (χ3n) is 4.60. The number of aromatic nitrogens is 2. The molecule has 0 unspecified atom stereocenters. The average molecular weight is 447 g/mol. The molecule has 0 saturated heterocycles. The van der Waals surface area contributed by atoms with Crippen LogP contribution in [-0.4, -0.2) is 29.0 Å². The Hall–Kier alpha value is -3.11. The number of halogens is 2. The number of hydrogen-bond acceptors (Lipinski definition) is 5. The van der Waals surface area contributed by atoms with E-state index in [1.807, 2.05) is 0 Å². The van der Waals surface area contributed by atoms with Crippen LogP contribution in [0.3, 0.4) is 0 Å². The van der Waals surface area contributed by atoms with Crippen molar-refractivity contribution in [2.24, 2.45) is 0 Å². The lowest BCUT2D eigenvalue weighted by atomic mass is 10.1. The molecule has 10 heteroatoms. The van der Waals surface area contributed by atoms with Crippen molar-refractivity contribution in [2.75, 3.05) is 5.32 Å². The second kappa shape index (κ2) is 7.62. The molecule has 4 rings (SSSR count). The van der Waals surface area contributed by atoms with E-state index in [0.717, 1.165) is 24.3 Å². The topological polar surface area (TPSA) is 80.5 Å². The summed E-state index contributed by atoms with van der Waals surface area (Å²) >= 11 is 1.33. The molecule has 0 bridgehead atoms. The van der Waals surface area contributed by atoms with Crippen LogP contribution in [0, 0.1) is 11.6 Å². The summed E-state index contributed by atoms with van der Waals surface area (Å²) in [6, 6.07) is 9.88. The Balaban J connectivity index is 1.69. The van der Waals surface area contributed by atoms with E-state index in [2.05, 4.69) is 10.3 Å². The normalized spacial score (nSPS) is 12.8. The summed E-state index contributed by atoms with van der Waals surface area (Å²) in [5.74, 6) is -1.47. The van der Waals surface area contributed by atoms with Crippen molar-refractivity contribution in [1.82, 2.24) is 9.38 Å². The number of hydrogen-bond donors (Lipinski definition) is 1. The predicted molar refractivity (Wildman–Crippen MR) is 110 cm³/mol.